The van der Waals surface area contributed by atoms with Crippen LogP contribution in [0.2, 0.25) is 0 Å². The Morgan fingerprint density at radius 2 is 2.12 bits per heavy atom. The van der Waals surface area contributed by atoms with Crippen LogP contribution in [0.3, 0.4) is 0 Å². The normalized spacial score (nSPS) is 30.0. The van der Waals surface area contributed by atoms with Gasteiger partial charge >= 0.3 is 5.97 Å². The second kappa shape index (κ2) is 4.73. The minimum atomic E-state index is -0.963. The van der Waals surface area contributed by atoms with Gasteiger partial charge in [0, 0.05) is 19.5 Å². The quantitative estimate of drug-likeness (QED) is 0.687. The Kier molecular flexibility index (Phi) is 3.31. The van der Waals surface area contributed by atoms with Gasteiger partial charge in [-0.05, 0) is 19.3 Å². The fourth-order valence-electron chi connectivity index (χ4n) is 2.42. The number of carboxylic acid groups (broad SMARTS) is 1. The lowest BCUT2D eigenvalue weighted by Crippen LogP contribution is -2.46. The number of nitrogens with one attached hydrogen (secondary N) is 1. The Morgan fingerprint density at radius 3 is 2.76 bits per heavy atom. The van der Waals surface area contributed by atoms with Crippen LogP contribution >= 0.6 is 0 Å². The van der Waals surface area contributed by atoms with Gasteiger partial charge in [0.05, 0.1) is 5.92 Å². The van der Waals surface area contributed by atoms with Crippen LogP contribution in [0.5, 0.6) is 0 Å². The molecule has 2 rings (SSSR count). The second-order valence-corrected chi connectivity index (χ2v) is 4.59. The predicted molar refractivity (Wildman–Crippen MR) is 58.1 cm³/mol. The zero-order valence-corrected chi connectivity index (χ0v) is 9.52. The van der Waals surface area contributed by atoms with Crippen molar-refractivity contribution in [3.63, 3.8) is 0 Å². The van der Waals surface area contributed by atoms with E-state index in [-0.39, 0.29) is 24.8 Å². The Bertz CT molecular complexity index is 355. The van der Waals surface area contributed by atoms with Crippen molar-refractivity contribution in [1.29, 1.82) is 0 Å². The first-order chi connectivity index (χ1) is 8.09. The zero-order chi connectivity index (χ0) is 12.4. The zero-order valence-electron chi connectivity index (χ0n) is 9.52. The summed E-state index contributed by atoms with van der Waals surface area (Å²) in [6, 6.07) is -0.477. The van der Waals surface area contributed by atoms with Crippen molar-refractivity contribution in [1.82, 2.24) is 10.2 Å². The smallest absolute Gasteiger partial charge is 0.308 e. The van der Waals surface area contributed by atoms with Gasteiger partial charge < -0.3 is 15.3 Å². The van der Waals surface area contributed by atoms with E-state index in [4.69, 9.17) is 5.11 Å². The fraction of sp³-hybridized carbons (Fsp3) is 0.727. The van der Waals surface area contributed by atoms with Crippen molar-refractivity contribution in [3.05, 3.63) is 0 Å². The molecule has 0 spiro atoms. The molecule has 6 nitrogen and oxygen atoms in total. The van der Waals surface area contributed by atoms with Crippen molar-refractivity contribution in [2.45, 2.75) is 31.7 Å². The van der Waals surface area contributed by atoms with Crippen molar-refractivity contribution in [3.8, 4) is 0 Å². The third-order valence-electron chi connectivity index (χ3n) is 3.39. The molecule has 2 amide bonds. The largest absolute Gasteiger partial charge is 0.481 e. The van der Waals surface area contributed by atoms with Crippen molar-refractivity contribution in [2.75, 3.05) is 13.1 Å². The van der Waals surface area contributed by atoms with Crippen molar-refractivity contribution >= 4 is 17.8 Å². The Balaban J connectivity index is 2.08. The maximum absolute atomic E-state index is 11.8. The molecule has 0 aromatic carbocycles. The molecule has 2 aliphatic heterocycles. The summed E-state index contributed by atoms with van der Waals surface area (Å²) in [5.74, 6) is -2.00. The molecule has 17 heavy (non-hydrogen) atoms. The SMILES string of the molecule is O=C(O)C1CC(=O)N(C2CCCCNC2=O)C1. The number of hydrogen-bond acceptors (Lipinski definition) is 3. The third-order valence-corrected chi connectivity index (χ3v) is 3.39. The van der Waals surface area contributed by atoms with Gasteiger partial charge in [0.25, 0.3) is 0 Å². The first-order valence-corrected chi connectivity index (χ1v) is 5.89. The van der Waals surface area contributed by atoms with Gasteiger partial charge in [-0.25, -0.2) is 0 Å². The highest BCUT2D eigenvalue weighted by atomic mass is 16.4. The number of rotatable bonds is 2. The Hall–Kier alpha value is -1.59. The first kappa shape index (κ1) is 11.9. The van der Waals surface area contributed by atoms with E-state index in [1.54, 1.807) is 0 Å². The topological polar surface area (TPSA) is 86.7 Å². The number of amides is 2. The summed E-state index contributed by atoms with van der Waals surface area (Å²) < 4.78 is 0. The fourth-order valence-corrected chi connectivity index (χ4v) is 2.42. The van der Waals surface area contributed by atoms with Gasteiger partial charge in [-0.3, -0.25) is 14.4 Å². The number of nitrogens with zero attached hydrogens (tertiary/aromatic N) is 1. The number of carbonyl (C=O) groups is 3. The molecule has 2 fully saturated rings. The number of carbonyl (C=O) groups excluding carboxylic acids is 2. The van der Waals surface area contributed by atoms with E-state index in [1.807, 2.05) is 0 Å². The molecule has 2 saturated heterocycles. The number of carboxylic acids is 1. The maximum atomic E-state index is 11.8. The minimum Gasteiger partial charge on any atom is -0.481 e. The third kappa shape index (κ3) is 2.40. The molecule has 2 heterocycles. The Morgan fingerprint density at radius 1 is 1.35 bits per heavy atom. The lowest BCUT2D eigenvalue weighted by molar-refractivity contribution is -0.141. The van der Waals surface area contributed by atoms with Gasteiger partial charge in [-0.15, -0.1) is 0 Å². The van der Waals surface area contributed by atoms with Gasteiger partial charge in [-0.1, -0.05) is 0 Å². The molecule has 0 radical (unpaired) electrons. The molecule has 0 aromatic rings. The number of hydrogen-bond donors (Lipinski definition) is 2. The lowest BCUT2D eigenvalue weighted by atomic mass is 10.1. The van der Waals surface area contributed by atoms with Crippen LogP contribution in [-0.4, -0.2) is 46.9 Å². The predicted octanol–water partition coefficient (Wildman–Crippen LogP) is -0.412. The standard InChI is InChI=1S/C11H16N2O4/c14-9-5-7(11(16)17)6-13(9)8-3-1-2-4-12-10(8)15/h7-8H,1-6H2,(H,12,15)(H,16,17). The summed E-state index contributed by atoms with van der Waals surface area (Å²) >= 11 is 0. The molecule has 94 valence electrons. The maximum Gasteiger partial charge on any atom is 0.308 e. The molecule has 2 N–H and O–H groups in total. The average Bonchev–Trinajstić information content (AvgIpc) is 2.53. The van der Waals surface area contributed by atoms with Crippen LogP contribution in [0.15, 0.2) is 0 Å². The summed E-state index contributed by atoms with van der Waals surface area (Å²) in [6.45, 7) is 0.798. The highest BCUT2D eigenvalue weighted by Crippen LogP contribution is 2.23. The van der Waals surface area contributed by atoms with E-state index < -0.39 is 17.9 Å². The first-order valence-electron chi connectivity index (χ1n) is 5.89. The summed E-state index contributed by atoms with van der Waals surface area (Å²) in [5, 5.41) is 11.6. The van der Waals surface area contributed by atoms with Crippen LogP contribution < -0.4 is 5.32 Å². The van der Waals surface area contributed by atoms with E-state index >= 15 is 0 Å². The molecule has 2 unspecified atom stereocenters. The van der Waals surface area contributed by atoms with Crippen LogP contribution in [0.1, 0.15) is 25.7 Å². The molecular formula is C11H16N2O4. The molecule has 0 aliphatic carbocycles. The van der Waals surface area contributed by atoms with E-state index in [2.05, 4.69) is 5.32 Å². The number of aliphatic carboxylic acids is 1. The summed E-state index contributed by atoms with van der Waals surface area (Å²) in [5.41, 5.74) is 0. The molecular weight excluding hydrogens is 224 g/mol. The van der Waals surface area contributed by atoms with Gasteiger partial charge in [-0.2, -0.15) is 0 Å². The lowest BCUT2D eigenvalue weighted by Gasteiger charge is -2.25. The van der Waals surface area contributed by atoms with E-state index in [0.29, 0.717) is 13.0 Å². The highest BCUT2D eigenvalue weighted by Gasteiger charge is 2.40. The monoisotopic (exact) mass is 240 g/mol. The summed E-state index contributed by atoms with van der Waals surface area (Å²) in [6.07, 6.45) is 2.43. The molecule has 0 aromatic heterocycles. The summed E-state index contributed by atoms with van der Waals surface area (Å²) in [4.78, 5) is 35.8. The van der Waals surface area contributed by atoms with Crippen molar-refractivity contribution in [2.24, 2.45) is 5.92 Å². The van der Waals surface area contributed by atoms with E-state index in [9.17, 15) is 14.4 Å². The molecule has 2 aliphatic rings. The average molecular weight is 240 g/mol. The molecule has 0 saturated carbocycles. The van der Waals surface area contributed by atoms with Crippen LogP contribution in [0.25, 0.3) is 0 Å². The molecule has 0 bridgehead atoms. The molecule has 6 heteroatoms. The van der Waals surface area contributed by atoms with Gasteiger partial charge in [0.1, 0.15) is 6.04 Å². The summed E-state index contributed by atoms with van der Waals surface area (Å²) in [7, 11) is 0. The van der Waals surface area contributed by atoms with Crippen LogP contribution in [-0.2, 0) is 14.4 Å². The Labute approximate surface area is 99.0 Å². The highest BCUT2D eigenvalue weighted by molar-refractivity contribution is 5.91. The van der Waals surface area contributed by atoms with Crippen molar-refractivity contribution < 1.29 is 19.5 Å². The number of likely N-dealkylation sites (tertiary alicyclic amines) is 1. The van der Waals surface area contributed by atoms with E-state index in [0.717, 1.165) is 12.8 Å². The molecule has 2 atom stereocenters. The van der Waals surface area contributed by atoms with Gasteiger partial charge in [0.2, 0.25) is 11.8 Å². The minimum absolute atomic E-state index is 0.0130. The van der Waals surface area contributed by atoms with Gasteiger partial charge in [0.15, 0.2) is 0 Å². The van der Waals surface area contributed by atoms with E-state index in [1.165, 1.54) is 4.90 Å². The van der Waals surface area contributed by atoms with Crippen LogP contribution in [0, 0.1) is 5.92 Å². The second-order valence-electron chi connectivity index (χ2n) is 4.59. The van der Waals surface area contributed by atoms with Crippen LogP contribution in [0.4, 0.5) is 0 Å².